The van der Waals surface area contributed by atoms with Gasteiger partial charge < -0.3 is 4.42 Å². The van der Waals surface area contributed by atoms with Gasteiger partial charge >= 0.3 is 0 Å². The second-order valence-electron chi connectivity index (χ2n) is 14.0. The third-order valence-electron chi connectivity index (χ3n) is 10.6. The Labute approximate surface area is 327 Å². The summed E-state index contributed by atoms with van der Waals surface area (Å²) in [5, 5.41) is 4.55. The van der Waals surface area contributed by atoms with E-state index in [0.29, 0.717) is 17.5 Å². The van der Waals surface area contributed by atoms with Crippen molar-refractivity contribution < 1.29 is 4.42 Å². The first-order valence-corrected chi connectivity index (χ1v) is 19.5. The maximum absolute atomic E-state index is 6.51. The van der Waals surface area contributed by atoms with Gasteiger partial charge in [0, 0.05) is 47.6 Å². The number of rotatable bonds is 6. The molecule has 0 aliphatic rings. The fraction of sp³-hybridized carbons (Fsp3) is 0. The molecule has 0 unspecified atom stereocenters. The fourth-order valence-corrected chi connectivity index (χ4v) is 9.08. The van der Waals surface area contributed by atoms with Crippen LogP contribution in [0, 0.1) is 0 Å². The van der Waals surface area contributed by atoms with E-state index in [1.807, 2.05) is 59.9 Å². The van der Waals surface area contributed by atoms with Gasteiger partial charge in [0.25, 0.3) is 0 Å². The molecule has 5 heteroatoms. The average Bonchev–Trinajstić information content (AvgIpc) is 3.85. The highest BCUT2D eigenvalue weighted by Gasteiger charge is 2.19. The lowest BCUT2D eigenvalue weighted by molar-refractivity contribution is 0.669. The highest BCUT2D eigenvalue weighted by atomic mass is 32.1. The number of thiophene rings is 1. The summed E-state index contributed by atoms with van der Waals surface area (Å²) in [6.45, 7) is 0. The summed E-state index contributed by atoms with van der Waals surface area (Å²) in [6, 6.07) is 65.6. The largest absolute Gasteiger partial charge is 0.456 e. The average molecular weight is 734 g/mol. The summed E-state index contributed by atoms with van der Waals surface area (Å²) < 4.78 is 9.06. The van der Waals surface area contributed by atoms with Crippen molar-refractivity contribution in [2.45, 2.75) is 0 Å². The van der Waals surface area contributed by atoms with Crippen molar-refractivity contribution in [2.24, 2.45) is 0 Å². The Bertz CT molecular complexity index is 3230. The molecule has 56 heavy (non-hydrogen) atoms. The van der Waals surface area contributed by atoms with Gasteiger partial charge in [0.1, 0.15) is 11.2 Å². The van der Waals surface area contributed by atoms with E-state index >= 15 is 0 Å². The molecule has 0 aliphatic heterocycles. The van der Waals surface area contributed by atoms with Crippen LogP contribution in [0.3, 0.4) is 0 Å². The lowest BCUT2D eigenvalue weighted by Crippen LogP contribution is -2.00. The molecule has 0 saturated carbocycles. The predicted molar refractivity (Wildman–Crippen MR) is 233 cm³/mol. The Morgan fingerprint density at radius 1 is 0.339 bits per heavy atom. The highest BCUT2D eigenvalue weighted by Crippen LogP contribution is 2.43. The number of furan rings is 1. The quantitative estimate of drug-likeness (QED) is 0.171. The van der Waals surface area contributed by atoms with E-state index in [1.54, 1.807) is 0 Å². The molecule has 262 valence electrons. The van der Waals surface area contributed by atoms with Crippen molar-refractivity contribution in [2.75, 3.05) is 0 Å². The Morgan fingerprint density at radius 2 is 0.893 bits per heavy atom. The molecule has 0 radical (unpaired) electrons. The van der Waals surface area contributed by atoms with Crippen LogP contribution in [-0.4, -0.2) is 15.0 Å². The van der Waals surface area contributed by atoms with Gasteiger partial charge in [-0.3, -0.25) is 0 Å². The first kappa shape index (κ1) is 32.2. The SMILES string of the molecule is c1ccc(-c2ccc(-c3nc(-c4ccccc4)nc(-c4cccc5oc6ccc(-c7cccc8c7sc7cc(-c9ccccc9)ccc78)cc6c45)n3)cc2)cc1. The minimum Gasteiger partial charge on any atom is -0.456 e. The van der Waals surface area contributed by atoms with Gasteiger partial charge in [-0.25, -0.2) is 15.0 Å². The van der Waals surface area contributed by atoms with Crippen LogP contribution in [-0.2, 0) is 0 Å². The molecule has 0 saturated heterocycles. The molecule has 8 aromatic carbocycles. The van der Waals surface area contributed by atoms with Gasteiger partial charge in [0.05, 0.1) is 0 Å². The minimum atomic E-state index is 0.598. The van der Waals surface area contributed by atoms with E-state index in [2.05, 4.69) is 140 Å². The molecule has 0 fully saturated rings. The van der Waals surface area contributed by atoms with Crippen LogP contribution in [0.15, 0.2) is 192 Å². The number of benzene rings is 8. The first-order valence-electron chi connectivity index (χ1n) is 18.7. The van der Waals surface area contributed by atoms with Crippen molar-refractivity contribution in [1.82, 2.24) is 15.0 Å². The van der Waals surface area contributed by atoms with Crippen molar-refractivity contribution in [1.29, 1.82) is 0 Å². The second-order valence-corrected chi connectivity index (χ2v) is 15.0. The van der Waals surface area contributed by atoms with E-state index in [4.69, 9.17) is 19.4 Å². The second kappa shape index (κ2) is 13.3. The molecule has 0 bridgehead atoms. The molecule has 0 N–H and O–H groups in total. The van der Waals surface area contributed by atoms with Crippen LogP contribution < -0.4 is 0 Å². The van der Waals surface area contributed by atoms with Crippen LogP contribution >= 0.6 is 11.3 Å². The molecule has 4 nitrogen and oxygen atoms in total. The third kappa shape index (κ3) is 5.56. The van der Waals surface area contributed by atoms with Crippen LogP contribution in [0.4, 0.5) is 0 Å². The zero-order valence-corrected chi connectivity index (χ0v) is 30.9. The van der Waals surface area contributed by atoms with Gasteiger partial charge in [-0.05, 0) is 57.6 Å². The molecular formula is C51H31N3OS. The van der Waals surface area contributed by atoms with E-state index < -0.39 is 0 Å². The van der Waals surface area contributed by atoms with E-state index in [1.165, 1.54) is 42.4 Å². The number of hydrogen-bond acceptors (Lipinski definition) is 5. The Morgan fingerprint density at radius 3 is 1.62 bits per heavy atom. The lowest BCUT2D eigenvalue weighted by atomic mass is 9.98. The van der Waals surface area contributed by atoms with Crippen molar-refractivity contribution in [3.05, 3.63) is 188 Å². The van der Waals surface area contributed by atoms with Gasteiger partial charge in [0.15, 0.2) is 17.5 Å². The number of aromatic nitrogens is 3. The number of hydrogen-bond donors (Lipinski definition) is 0. The van der Waals surface area contributed by atoms with Gasteiger partial charge in [-0.1, -0.05) is 164 Å². The van der Waals surface area contributed by atoms with Crippen molar-refractivity contribution in [3.63, 3.8) is 0 Å². The van der Waals surface area contributed by atoms with Crippen LogP contribution in [0.5, 0.6) is 0 Å². The monoisotopic (exact) mass is 733 g/mol. The summed E-state index contributed by atoms with van der Waals surface area (Å²) in [7, 11) is 0. The van der Waals surface area contributed by atoms with Crippen LogP contribution in [0.25, 0.3) is 110 Å². The van der Waals surface area contributed by atoms with E-state index in [0.717, 1.165) is 49.8 Å². The maximum Gasteiger partial charge on any atom is 0.164 e. The van der Waals surface area contributed by atoms with Crippen molar-refractivity contribution in [3.8, 4) is 67.5 Å². The Balaban J connectivity index is 1.06. The summed E-state index contributed by atoms with van der Waals surface area (Å²) in [6.07, 6.45) is 0. The summed E-state index contributed by atoms with van der Waals surface area (Å²) in [4.78, 5) is 15.3. The van der Waals surface area contributed by atoms with Crippen LogP contribution in [0.1, 0.15) is 0 Å². The lowest BCUT2D eigenvalue weighted by Gasteiger charge is -2.10. The number of fused-ring (bicyclic) bond motifs is 6. The molecule has 0 spiro atoms. The predicted octanol–water partition coefficient (Wildman–Crippen LogP) is 14.1. The molecule has 0 atom stereocenters. The first-order chi connectivity index (χ1) is 27.7. The molecule has 0 aliphatic carbocycles. The molecule has 3 aromatic heterocycles. The standard InChI is InChI=1S/C51H31N3OS/c1-4-12-32(13-5-1)34-22-24-36(25-23-34)50-52-49(35-16-8-3-9-17-35)53-51(54-50)42-20-11-21-45-47(42)43-30-38(27-29-44(43)55-45)39-18-10-19-41-40-28-26-37(31-46(40)56-48(39)41)33-14-6-2-7-15-33/h1-31H. The third-order valence-corrected chi connectivity index (χ3v) is 11.8. The van der Waals surface area contributed by atoms with Gasteiger partial charge in [-0.2, -0.15) is 0 Å². The summed E-state index contributed by atoms with van der Waals surface area (Å²) >= 11 is 1.85. The van der Waals surface area contributed by atoms with E-state index in [9.17, 15) is 0 Å². The molecule has 0 amide bonds. The summed E-state index contributed by atoms with van der Waals surface area (Å²) in [5.74, 6) is 1.83. The highest BCUT2D eigenvalue weighted by molar-refractivity contribution is 7.26. The zero-order chi connectivity index (χ0) is 37.0. The Hall–Kier alpha value is -7.21. The maximum atomic E-state index is 6.51. The smallest absolute Gasteiger partial charge is 0.164 e. The molecule has 11 rings (SSSR count). The molecular weight excluding hydrogens is 703 g/mol. The normalized spacial score (nSPS) is 11.6. The number of nitrogens with zero attached hydrogens (tertiary/aromatic N) is 3. The van der Waals surface area contributed by atoms with Gasteiger partial charge in [-0.15, -0.1) is 11.3 Å². The van der Waals surface area contributed by atoms with Crippen molar-refractivity contribution >= 4 is 53.4 Å². The molecule has 11 aromatic rings. The zero-order valence-electron chi connectivity index (χ0n) is 30.1. The molecule has 3 heterocycles. The van der Waals surface area contributed by atoms with E-state index in [-0.39, 0.29) is 0 Å². The topological polar surface area (TPSA) is 51.8 Å². The van der Waals surface area contributed by atoms with Crippen LogP contribution in [0.2, 0.25) is 0 Å². The summed E-state index contributed by atoms with van der Waals surface area (Å²) in [5.41, 5.74) is 11.4. The Kier molecular flexibility index (Phi) is 7.64. The van der Waals surface area contributed by atoms with Gasteiger partial charge in [0.2, 0.25) is 0 Å². The fourth-order valence-electron chi connectivity index (χ4n) is 7.80. The minimum absolute atomic E-state index is 0.598.